The molecule has 0 spiro atoms. The van der Waals surface area contributed by atoms with Crippen LogP contribution in [-0.2, 0) is 4.74 Å². The van der Waals surface area contributed by atoms with E-state index >= 15 is 0 Å². The van der Waals surface area contributed by atoms with E-state index in [9.17, 15) is 0 Å². The van der Waals surface area contributed by atoms with Crippen molar-refractivity contribution in [1.29, 1.82) is 0 Å². The summed E-state index contributed by atoms with van der Waals surface area (Å²) >= 11 is 3.47. The molecule has 0 N–H and O–H groups in total. The first-order valence-electron chi connectivity index (χ1n) is 4.90. The van der Waals surface area contributed by atoms with Gasteiger partial charge in [-0.15, -0.1) is 10.2 Å². The van der Waals surface area contributed by atoms with Gasteiger partial charge in [-0.3, -0.25) is 0 Å². The second-order valence-electron chi connectivity index (χ2n) is 3.36. The van der Waals surface area contributed by atoms with Crippen LogP contribution in [0.2, 0.25) is 0 Å². The molecule has 1 aliphatic rings. The van der Waals surface area contributed by atoms with Gasteiger partial charge in [0.05, 0.1) is 4.83 Å². The van der Waals surface area contributed by atoms with Crippen LogP contribution in [0.3, 0.4) is 0 Å². The van der Waals surface area contributed by atoms with Crippen molar-refractivity contribution in [2.75, 3.05) is 6.61 Å². The van der Waals surface area contributed by atoms with Gasteiger partial charge in [-0.2, -0.15) is 0 Å². The molecule has 0 bridgehead atoms. The highest BCUT2D eigenvalue weighted by Crippen LogP contribution is 2.30. The Labute approximate surface area is 91.2 Å². The van der Waals surface area contributed by atoms with Crippen LogP contribution >= 0.6 is 15.9 Å². The minimum atomic E-state index is 0.0211. The molecular weight excluding hydrogens is 248 g/mol. The number of alkyl halides is 1. The Morgan fingerprint density at radius 2 is 2.43 bits per heavy atom. The molecule has 2 rings (SSSR count). The van der Waals surface area contributed by atoms with Crippen molar-refractivity contribution in [3.05, 3.63) is 11.8 Å². The predicted octanol–water partition coefficient (Wildman–Crippen LogP) is 2.77. The lowest BCUT2D eigenvalue weighted by molar-refractivity contribution is 0.0880. The van der Waals surface area contributed by atoms with Crippen molar-refractivity contribution < 1.29 is 9.15 Å². The second kappa shape index (κ2) is 4.40. The van der Waals surface area contributed by atoms with Gasteiger partial charge in [-0.1, -0.05) is 22.9 Å². The third-order valence-electron chi connectivity index (χ3n) is 2.29. The quantitative estimate of drug-likeness (QED) is 0.785. The molecule has 1 aliphatic heterocycles. The number of ether oxygens (including phenoxy) is 1. The fraction of sp³-hybridized carbons (Fsp3) is 0.778. The average Bonchev–Trinajstić information content (AvgIpc) is 2.86. The summed E-state index contributed by atoms with van der Waals surface area (Å²) in [5, 5.41) is 7.98. The van der Waals surface area contributed by atoms with Gasteiger partial charge in [-0.05, 0) is 19.3 Å². The van der Waals surface area contributed by atoms with Crippen LogP contribution < -0.4 is 0 Å². The smallest absolute Gasteiger partial charge is 0.245 e. The SMILES string of the molecule is CCC(Br)c1nnc(C2CCCO2)o1. The Hall–Kier alpha value is -0.420. The lowest BCUT2D eigenvalue weighted by Crippen LogP contribution is -1.95. The monoisotopic (exact) mass is 260 g/mol. The number of aromatic nitrogens is 2. The van der Waals surface area contributed by atoms with E-state index in [1.54, 1.807) is 0 Å². The van der Waals surface area contributed by atoms with Crippen LogP contribution in [0, 0.1) is 0 Å². The lowest BCUT2D eigenvalue weighted by atomic mass is 10.2. The molecule has 0 amide bonds. The molecule has 0 saturated carbocycles. The van der Waals surface area contributed by atoms with E-state index < -0.39 is 0 Å². The molecule has 0 aromatic carbocycles. The maximum atomic E-state index is 5.53. The Morgan fingerprint density at radius 1 is 1.57 bits per heavy atom. The fourth-order valence-electron chi connectivity index (χ4n) is 1.45. The van der Waals surface area contributed by atoms with E-state index in [1.807, 2.05) is 0 Å². The molecule has 1 aromatic rings. The van der Waals surface area contributed by atoms with Crippen LogP contribution in [0.25, 0.3) is 0 Å². The minimum Gasteiger partial charge on any atom is -0.421 e. The topological polar surface area (TPSA) is 48.2 Å². The second-order valence-corrected chi connectivity index (χ2v) is 4.46. The maximum absolute atomic E-state index is 5.53. The molecule has 1 aromatic heterocycles. The summed E-state index contributed by atoms with van der Waals surface area (Å²) in [4.78, 5) is 0.158. The van der Waals surface area contributed by atoms with Gasteiger partial charge in [-0.25, -0.2) is 0 Å². The first-order valence-corrected chi connectivity index (χ1v) is 5.81. The van der Waals surface area contributed by atoms with Crippen molar-refractivity contribution in [2.45, 2.75) is 37.1 Å². The highest BCUT2D eigenvalue weighted by atomic mass is 79.9. The number of nitrogens with zero attached hydrogens (tertiary/aromatic N) is 2. The van der Waals surface area contributed by atoms with Crippen LogP contribution in [0.5, 0.6) is 0 Å². The molecule has 14 heavy (non-hydrogen) atoms. The Balaban J connectivity index is 2.08. The molecule has 1 saturated heterocycles. The number of rotatable bonds is 3. The van der Waals surface area contributed by atoms with Gasteiger partial charge < -0.3 is 9.15 Å². The van der Waals surface area contributed by atoms with Crippen LogP contribution in [0.4, 0.5) is 0 Å². The van der Waals surface area contributed by atoms with E-state index in [2.05, 4.69) is 33.1 Å². The third-order valence-corrected chi connectivity index (χ3v) is 3.33. The van der Waals surface area contributed by atoms with Gasteiger partial charge in [0, 0.05) is 6.61 Å². The van der Waals surface area contributed by atoms with Gasteiger partial charge in [0.2, 0.25) is 11.8 Å². The number of hydrogen-bond donors (Lipinski definition) is 0. The molecule has 2 atom stereocenters. The molecule has 1 fully saturated rings. The van der Waals surface area contributed by atoms with Gasteiger partial charge >= 0.3 is 0 Å². The Morgan fingerprint density at radius 3 is 3.07 bits per heavy atom. The van der Waals surface area contributed by atoms with Crippen molar-refractivity contribution in [2.24, 2.45) is 0 Å². The molecule has 5 heteroatoms. The zero-order valence-corrected chi connectivity index (χ0v) is 9.66. The van der Waals surface area contributed by atoms with E-state index in [-0.39, 0.29) is 10.9 Å². The summed E-state index contributed by atoms with van der Waals surface area (Å²) in [6, 6.07) is 0. The number of hydrogen-bond acceptors (Lipinski definition) is 4. The van der Waals surface area contributed by atoms with E-state index in [0.717, 1.165) is 25.9 Å². The largest absolute Gasteiger partial charge is 0.421 e. The molecule has 2 unspecified atom stereocenters. The standard InChI is InChI=1S/C9H13BrN2O2/c1-2-6(10)8-11-12-9(14-8)7-4-3-5-13-7/h6-7H,2-5H2,1H3. The summed E-state index contributed by atoms with van der Waals surface area (Å²) < 4.78 is 11.0. The highest BCUT2D eigenvalue weighted by molar-refractivity contribution is 9.09. The Kier molecular flexibility index (Phi) is 3.18. The maximum Gasteiger partial charge on any atom is 0.245 e. The van der Waals surface area contributed by atoms with E-state index in [4.69, 9.17) is 9.15 Å². The zero-order chi connectivity index (χ0) is 9.97. The van der Waals surface area contributed by atoms with Gasteiger partial charge in [0.1, 0.15) is 6.10 Å². The summed E-state index contributed by atoms with van der Waals surface area (Å²) in [5.41, 5.74) is 0. The normalized spacial score (nSPS) is 24.0. The average molecular weight is 261 g/mol. The fourth-order valence-corrected chi connectivity index (χ4v) is 1.64. The molecular formula is C9H13BrN2O2. The summed E-state index contributed by atoms with van der Waals surface area (Å²) in [6.07, 6.45) is 3.02. The van der Waals surface area contributed by atoms with Crippen molar-refractivity contribution in [1.82, 2.24) is 10.2 Å². The first kappa shape index (κ1) is 10.1. The van der Waals surface area contributed by atoms with E-state index in [1.165, 1.54) is 0 Å². The van der Waals surface area contributed by atoms with Gasteiger partial charge in [0.15, 0.2) is 0 Å². The summed E-state index contributed by atoms with van der Waals surface area (Å²) in [6.45, 7) is 2.86. The van der Waals surface area contributed by atoms with Crippen molar-refractivity contribution in [3.8, 4) is 0 Å². The minimum absolute atomic E-state index is 0.0211. The van der Waals surface area contributed by atoms with E-state index in [0.29, 0.717) is 11.8 Å². The number of halogens is 1. The molecule has 4 nitrogen and oxygen atoms in total. The first-order chi connectivity index (χ1) is 6.81. The molecule has 0 radical (unpaired) electrons. The molecule has 0 aliphatic carbocycles. The highest BCUT2D eigenvalue weighted by Gasteiger charge is 2.24. The van der Waals surface area contributed by atoms with Crippen LogP contribution in [0.1, 0.15) is 48.9 Å². The summed E-state index contributed by atoms with van der Waals surface area (Å²) in [7, 11) is 0. The molecule has 78 valence electrons. The summed E-state index contributed by atoms with van der Waals surface area (Å²) in [5.74, 6) is 1.27. The third kappa shape index (κ3) is 1.98. The van der Waals surface area contributed by atoms with Gasteiger partial charge in [0.25, 0.3) is 0 Å². The molecule has 2 heterocycles. The van der Waals surface area contributed by atoms with Crippen molar-refractivity contribution in [3.63, 3.8) is 0 Å². The lowest BCUT2D eigenvalue weighted by Gasteiger charge is -2.02. The predicted molar refractivity (Wildman–Crippen MR) is 54.2 cm³/mol. The zero-order valence-electron chi connectivity index (χ0n) is 8.07. The van der Waals surface area contributed by atoms with Crippen molar-refractivity contribution >= 4 is 15.9 Å². The van der Waals surface area contributed by atoms with Crippen LogP contribution in [0.15, 0.2) is 4.42 Å². The Bertz CT molecular complexity index is 297. The van der Waals surface area contributed by atoms with Crippen LogP contribution in [-0.4, -0.2) is 16.8 Å².